The molecule has 2 aromatic rings. The summed E-state index contributed by atoms with van der Waals surface area (Å²) in [4.78, 5) is 6.51. The Morgan fingerprint density at radius 1 is 1.05 bits per heavy atom. The molecule has 0 saturated carbocycles. The lowest BCUT2D eigenvalue weighted by molar-refractivity contribution is 0.415. The molecule has 0 aliphatic heterocycles. The van der Waals surface area contributed by atoms with Crippen molar-refractivity contribution < 1.29 is 4.74 Å². The summed E-state index contributed by atoms with van der Waals surface area (Å²) in [5.41, 5.74) is 3.14. The minimum Gasteiger partial charge on any atom is -0.497 e. The van der Waals surface area contributed by atoms with Crippen molar-refractivity contribution in [3.05, 3.63) is 54.1 Å². The summed E-state index contributed by atoms with van der Waals surface area (Å²) in [6, 6.07) is 16.0. The molecular formula is C16H18N2O. The predicted octanol–water partition coefficient (Wildman–Crippen LogP) is 3.51. The maximum Gasteiger partial charge on any atom is 0.121 e. The molecule has 0 aromatic heterocycles. The first-order valence-corrected chi connectivity index (χ1v) is 6.14. The summed E-state index contributed by atoms with van der Waals surface area (Å²) in [6.45, 7) is 0. The highest BCUT2D eigenvalue weighted by atomic mass is 16.5. The molecule has 0 radical (unpaired) electrons. The topological polar surface area (TPSA) is 24.8 Å². The Labute approximate surface area is 114 Å². The zero-order valence-electron chi connectivity index (χ0n) is 11.5. The fourth-order valence-corrected chi connectivity index (χ4v) is 1.70. The van der Waals surface area contributed by atoms with E-state index >= 15 is 0 Å². The molecule has 0 unspecified atom stereocenters. The number of nitrogens with zero attached hydrogens (tertiary/aromatic N) is 2. The van der Waals surface area contributed by atoms with Gasteiger partial charge < -0.3 is 9.64 Å². The number of anilines is 1. The molecule has 0 aliphatic rings. The van der Waals surface area contributed by atoms with Crippen LogP contribution in [-0.4, -0.2) is 27.4 Å². The van der Waals surface area contributed by atoms with Crippen LogP contribution >= 0.6 is 0 Å². The molecule has 0 amide bonds. The van der Waals surface area contributed by atoms with Gasteiger partial charge in [0.15, 0.2) is 0 Å². The fraction of sp³-hybridized carbons (Fsp3) is 0.188. The van der Waals surface area contributed by atoms with E-state index in [0.29, 0.717) is 0 Å². The lowest BCUT2D eigenvalue weighted by Crippen LogP contribution is -2.08. The lowest BCUT2D eigenvalue weighted by atomic mass is 10.2. The maximum absolute atomic E-state index is 5.17. The second-order valence-electron chi connectivity index (χ2n) is 4.45. The maximum atomic E-state index is 5.17. The van der Waals surface area contributed by atoms with E-state index in [1.165, 1.54) is 5.69 Å². The molecule has 98 valence electrons. The van der Waals surface area contributed by atoms with Gasteiger partial charge in [-0.05, 0) is 29.8 Å². The minimum atomic E-state index is 0.817. The molecule has 3 nitrogen and oxygen atoms in total. The van der Waals surface area contributed by atoms with Crippen molar-refractivity contribution in [2.45, 2.75) is 0 Å². The number of methoxy groups -OCH3 is 1. The lowest BCUT2D eigenvalue weighted by Gasteiger charge is -2.11. The largest absolute Gasteiger partial charge is 0.497 e. The third kappa shape index (κ3) is 3.58. The van der Waals surface area contributed by atoms with Crippen LogP contribution in [0.4, 0.5) is 11.4 Å². The Morgan fingerprint density at radius 2 is 1.79 bits per heavy atom. The van der Waals surface area contributed by atoms with Gasteiger partial charge in [0.1, 0.15) is 5.75 Å². The molecule has 2 aromatic carbocycles. The molecule has 0 atom stereocenters. The van der Waals surface area contributed by atoms with E-state index in [0.717, 1.165) is 17.0 Å². The molecule has 0 bridgehead atoms. The van der Waals surface area contributed by atoms with E-state index in [4.69, 9.17) is 4.74 Å². The van der Waals surface area contributed by atoms with Crippen LogP contribution < -0.4 is 9.64 Å². The highest BCUT2D eigenvalue weighted by Crippen LogP contribution is 2.19. The van der Waals surface area contributed by atoms with E-state index in [1.54, 1.807) is 7.11 Å². The Morgan fingerprint density at radius 3 is 2.42 bits per heavy atom. The summed E-state index contributed by atoms with van der Waals surface area (Å²) in [5.74, 6) is 0.817. The predicted molar refractivity (Wildman–Crippen MR) is 81.0 cm³/mol. The molecule has 0 saturated heterocycles. The van der Waals surface area contributed by atoms with Gasteiger partial charge in [0.25, 0.3) is 0 Å². The quantitative estimate of drug-likeness (QED) is 0.780. The average molecular weight is 254 g/mol. The zero-order chi connectivity index (χ0) is 13.7. The molecule has 0 fully saturated rings. The van der Waals surface area contributed by atoms with E-state index in [2.05, 4.69) is 34.2 Å². The van der Waals surface area contributed by atoms with Gasteiger partial charge in [0, 0.05) is 32.1 Å². The van der Waals surface area contributed by atoms with Crippen molar-refractivity contribution in [2.75, 3.05) is 26.1 Å². The van der Waals surface area contributed by atoms with Crippen LogP contribution in [0, 0.1) is 0 Å². The van der Waals surface area contributed by atoms with E-state index in [1.807, 2.05) is 44.6 Å². The van der Waals surface area contributed by atoms with Crippen molar-refractivity contribution in [2.24, 2.45) is 4.99 Å². The van der Waals surface area contributed by atoms with E-state index in [-0.39, 0.29) is 0 Å². The normalized spacial score (nSPS) is 10.7. The summed E-state index contributed by atoms with van der Waals surface area (Å²) in [5, 5.41) is 0. The molecule has 0 N–H and O–H groups in total. The van der Waals surface area contributed by atoms with Gasteiger partial charge >= 0.3 is 0 Å². The van der Waals surface area contributed by atoms with Crippen molar-refractivity contribution >= 4 is 17.6 Å². The number of benzene rings is 2. The van der Waals surface area contributed by atoms with Crippen LogP contribution in [0.25, 0.3) is 0 Å². The number of ether oxygens (including phenoxy) is 1. The van der Waals surface area contributed by atoms with Gasteiger partial charge in [-0.3, -0.25) is 4.99 Å². The first-order chi connectivity index (χ1) is 9.19. The third-order valence-electron chi connectivity index (χ3n) is 2.83. The number of aliphatic imine (C=N–C) groups is 1. The van der Waals surface area contributed by atoms with Crippen LogP contribution in [-0.2, 0) is 0 Å². The Balaban J connectivity index is 2.13. The van der Waals surface area contributed by atoms with Crippen molar-refractivity contribution in [1.82, 2.24) is 0 Å². The van der Waals surface area contributed by atoms with Crippen LogP contribution in [0.3, 0.4) is 0 Å². The number of hydrogen-bond donors (Lipinski definition) is 0. The average Bonchev–Trinajstić information content (AvgIpc) is 2.46. The van der Waals surface area contributed by atoms with Crippen molar-refractivity contribution in [3.8, 4) is 5.75 Å². The molecular weight excluding hydrogens is 236 g/mol. The molecule has 2 rings (SSSR count). The monoisotopic (exact) mass is 254 g/mol. The summed E-state index contributed by atoms with van der Waals surface area (Å²) in [6.07, 6.45) is 1.86. The van der Waals surface area contributed by atoms with Crippen LogP contribution in [0.1, 0.15) is 5.56 Å². The van der Waals surface area contributed by atoms with Gasteiger partial charge in [0.2, 0.25) is 0 Å². The molecule has 0 spiro atoms. The Bertz CT molecular complexity index is 559. The second kappa shape index (κ2) is 6.05. The number of hydrogen-bond acceptors (Lipinski definition) is 3. The molecule has 0 aliphatic carbocycles. The SMILES string of the molecule is COc1cccc(N=Cc2ccc(N(C)C)cc2)c1. The van der Waals surface area contributed by atoms with Gasteiger partial charge in [-0.1, -0.05) is 18.2 Å². The first-order valence-electron chi connectivity index (χ1n) is 6.14. The van der Waals surface area contributed by atoms with E-state index < -0.39 is 0 Å². The van der Waals surface area contributed by atoms with Crippen LogP contribution in [0.5, 0.6) is 5.75 Å². The summed E-state index contributed by atoms with van der Waals surface area (Å²) >= 11 is 0. The molecule has 3 heteroatoms. The van der Waals surface area contributed by atoms with Gasteiger partial charge in [-0.15, -0.1) is 0 Å². The zero-order valence-corrected chi connectivity index (χ0v) is 11.5. The third-order valence-corrected chi connectivity index (χ3v) is 2.83. The Kier molecular flexibility index (Phi) is 4.18. The molecule has 0 heterocycles. The minimum absolute atomic E-state index is 0.817. The highest BCUT2D eigenvalue weighted by molar-refractivity contribution is 5.82. The van der Waals surface area contributed by atoms with Crippen molar-refractivity contribution in [1.29, 1.82) is 0 Å². The smallest absolute Gasteiger partial charge is 0.121 e. The van der Waals surface area contributed by atoms with Crippen LogP contribution in [0.2, 0.25) is 0 Å². The van der Waals surface area contributed by atoms with Gasteiger partial charge in [-0.25, -0.2) is 0 Å². The first kappa shape index (κ1) is 13.1. The Hall–Kier alpha value is -2.29. The highest BCUT2D eigenvalue weighted by Gasteiger charge is 1.95. The summed E-state index contributed by atoms with van der Waals surface area (Å²) < 4.78 is 5.17. The van der Waals surface area contributed by atoms with Gasteiger partial charge in [-0.2, -0.15) is 0 Å². The van der Waals surface area contributed by atoms with Crippen molar-refractivity contribution in [3.63, 3.8) is 0 Å². The van der Waals surface area contributed by atoms with Crippen LogP contribution in [0.15, 0.2) is 53.5 Å². The summed E-state index contributed by atoms with van der Waals surface area (Å²) in [7, 11) is 5.71. The fourth-order valence-electron chi connectivity index (χ4n) is 1.70. The second-order valence-corrected chi connectivity index (χ2v) is 4.45. The van der Waals surface area contributed by atoms with E-state index in [9.17, 15) is 0 Å². The number of rotatable bonds is 4. The van der Waals surface area contributed by atoms with Gasteiger partial charge in [0.05, 0.1) is 12.8 Å². The molecule has 19 heavy (non-hydrogen) atoms. The standard InChI is InChI=1S/C16H18N2O/c1-18(2)15-9-7-13(8-10-15)12-17-14-5-4-6-16(11-14)19-3/h4-12H,1-3H3.